The van der Waals surface area contributed by atoms with Crippen LogP contribution in [0.3, 0.4) is 0 Å². The Balaban J connectivity index is 1.76. The highest BCUT2D eigenvalue weighted by Gasteiger charge is 2.16. The molecule has 0 unspecified atom stereocenters. The van der Waals surface area contributed by atoms with Crippen LogP contribution in [0.25, 0.3) is 0 Å². The van der Waals surface area contributed by atoms with Crippen LogP contribution in [0, 0.1) is 0 Å². The molecule has 1 fully saturated rings. The molecule has 0 spiro atoms. The van der Waals surface area contributed by atoms with Crippen molar-refractivity contribution in [3.8, 4) is 5.75 Å². The zero-order valence-electron chi connectivity index (χ0n) is 11.5. The van der Waals surface area contributed by atoms with Crippen LogP contribution in [0.15, 0.2) is 24.3 Å². The van der Waals surface area contributed by atoms with Crippen molar-refractivity contribution < 1.29 is 13.9 Å². The van der Waals surface area contributed by atoms with E-state index in [0.29, 0.717) is 11.5 Å². The van der Waals surface area contributed by atoms with Gasteiger partial charge in [0.15, 0.2) is 0 Å². The Kier molecular flexibility index (Phi) is 6.18. The van der Waals surface area contributed by atoms with E-state index in [9.17, 15) is 9.18 Å². The van der Waals surface area contributed by atoms with Gasteiger partial charge in [0, 0.05) is 18.8 Å². The molecular weight excluding hydrogens is 277 g/mol. The molecule has 0 N–H and O–H groups in total. The number of piperidine rings is 1. The van der Waals surface area contributed by atoms with Crippen molar-refractivity contribution in [1.82, 2.24) is 4.90 Å². The van der Waals surface area contributed by atoms with E-state index in [-0.39, 0.29) is 11.8 Å². The summed E-state index contributed by atoms with van der Waals surface area (Å²) >= 11 is 1.35. The molecule has 0 atom stereocenters. The molecule has 0 radical (unpaired) electrons. The Morgan fingerprint density at radius 1 is 1.20 bits per heavy atom. The highest BCUT2D eigenvalue weighted by Crippen LogP contribution is 2.21. The lowest BCUT2D eigenvalue weighted by atomic mass is 10.1. The maximum Gasteiger partial charge on any atom is 0.281 e. The molecule has 0 saturated carbocycles. The summed E-state index contributed by atoms with van der Waals surface area (Å²) in [4.78, 5) is 13.9. The van der Waals surface area contributed by atoms with Crippen molar-refractivity contribution in [1.29, 1.82) is 0 Å². The molecule has 1 saturated heterocycles. The second-order valence-electron chi connectivity index (χ2n) is 4.78. The number of hydrogen-bond acceptors (Lipinski definition) is 3. The predicted molar refractivity (Wildman–Crippen MR) is 80.0 cm³/mol. The molecule has 5 heteroatoms. The number of likely N-dealkylation sites (tertiary alicyclic amines) is 1. The van der Waals surface area contributed by atoms with Gasteiger partial charge in [0.25, 0.3) is 5.24 Å². The lowest BCUT2D eigenvalue weighted by Crippen LogP contribution is -2.32. The number of halogens is 1. The van der Waals surface area contributed by atoms with Gasteiger partial charge in [-0.25, -0.2) is 4.39 Å². The third kappa shape index (κ3) is 4.71. The van der Waals surface area contributed by atoms with Gasteiger partial charge in [-0.2, -0.15) is 0 Å². The SMILES string of the molecule is O=C(SCc1ccc(OCCF)cc1)N1CCCCC1. The fourth-order valence-corrected chi connectivity index (χ4v) is 3.00. The fraction of sp³-hybridized carbons (Fsp3) is 0.533. The van der Waals surface area contributed by atoms with Crippen LogP contribution in [0.4, 0.5) is 9.18 Å². The number of nitrogens with zero attached hydrogens (tertiary/aromatic N) is 1. The van der Waals surface area contributed by atoms with Gasteiger partial charge in [-0.1, -0.05) is 23.9 Å². The summed E-state index contributed by atoms with van der Waals surface area (Å²) < 4.78 is 17.1. The van der Waals surface area contributed by atoms with E-state index in [2.05, 4.69) is 0 Å². The van der Waals surface area contributed by atoms with E-state index in [1.165, 1.54) is 18.2 Å². The van der Waals surface area contributed by atoms with Gasteiger partial charge in [-0.05, 0) is 37.0 Å². The summed E-state index contributed by atoms with van der Waals surface area (Å²) in [6, 6.07) is 7.47. The predicted octanol–water partition coefficient (Wildman–Crippen LogP) is 3.87. The fourth-order valence-electron chi connectivity index (χ4n) is 2.15. The van der Waals surface area contributed by atoms with Crippen molar-refractivity contribution in [3.05, 3.63) is 29.8 Å². The second-order valence-corrected chi connectivity index (χ2v) is 5.71. The van der Waals surface area contributed by atoms with E-state index in [1.54, 1.807) is 0 Å². The number of benzene rings is 1. The number of alkyl halides is 1. The van der Waals surface area contributed by atoms with Crippen LogP contribution < -0.4 is 4.74 Å². The number of amides is 1. The molecule has 0 bridgehead atoms. The topological polar surface area (TPSA) is 29.5 Å². The standard InChI is InChI=1S/C15H20FNO2S/c16-8-11-19-14-6-4-13(5-7-14)12-20-15(18)17-9-2-1-3-10-17/h4-7H,1-3,8-12H2. The third-order valence-electron chi connectivity index (χ3n) is 3.25. The number of carbonyl (C=O) groups is 1. The summed E-state index contributed by atoms with van der Waals surface area (Å²) in [5.41, 5.74) is 1.08. The zero-order chi connectivity index (χ0) is 14.2. The molecule has 1 aliphatic rings. The first-order valence-corrected chi connectivity index (χ1v) is 7.97. The van der Waals surface area contributed by atoms with Crippen LogP contribution in [0.1, 0.15) is 24.8 Å². The lowest BCUT2D eigenvalue weighted by molar-refractivity contribution is 0.211. The molecule has 0 aliphatic carbocycles. The minimum absolute atomic E-state index is 0.0849. The summed E-state index contributed by atoms with van der Waals surface area (Å²) in [5.74, 6) is 1.33. The molecule has 20 heavy (non-hydrogen) atoms. The molecule has 0 aromatic heterocycles. The van der Waals surface area contributed by atoms with Gasteiger partial charge >= 0.3 is 0 Å². The summed E-state index contributed by atoms with van der Waals surface area (Å²) in [6.45, 7) is 1.38. The van der Waals surface area contributed by atoms with Gasteiger partial charge in [-0.3, -0.25) is 4.79 Å². The average Bonchev–Trinajstić information content (AvgIpc) is 2.52. The van der Waals surface area contributed by atoms with Crippen molar-refractivity contribution in [2.24, 2.45) is 0 Å². The maximum absolute atomic E-state index is 12.0. The van der Waals surface area contributed by atoms with Crippen molar-refractivity contribution >= 4 is 17.0 Å². The van der Waals surface area contributed by atoms with Crippen LogP contribution >= 0.6 is 11.8 Å². The van der Waals surface area contributed by atoms with Gasteiger partial charge in [-0.15, -0.1) is 0 Å². The minimum Gasteiger partial charge on any atom is -0.491 e. The zero-order valence-corrected chi connectivity index (χ0v) is 12.3. The smallest absolute Gasteiger partial charge is 0.281 e. The van der Waals surface area contributed by atoms with E-state index in [1.807, 2.05) is 29.2 Å². The van der Waals surface area contributed by atoms with Crippen LogP contribution in [0.5, 0.6) is 5.75 Å². The summed E-state index contributed by atoms with van der Waals surface area (Å²) in [7, 11) is 0. The number of rotatable bonds is 5. The Hall–Kier alpha value is -1.23. The average molecular weight is 297 g/mol. The number of carbonyl (C=O) groups excluding carboxylic acids is 1. The van der Waals surface area contributed by atoms with Crippen molar-refractivity contribution in [2.45, 2.75) is 25.0 Å². The molecule has 1 heterocycles. The van der Waals surface area contributed by atoms with Crippen LogP contribution in [-0.2, 0) is 5.75 Å². The largest absolute Gasteiger partial charge is 0.491 e. The molecule has 1 aromatic carbocycles. The lowest BCUT2D eigenvalue weighted by Gasteiger charge is -2.26. The van der Waals surface area contributed by atoms with Gasteiger partial charge in [0.1, 0.15) is 19.0 Å². The quantitative estimate of drug-likeness (QED) is 0.826. The molecular formula is C15H20FNO2S. The third-order valence-corrected chi connectivity index (χ3v) is 4.23. The molecule has 110 valence electrons. The first kappa shape index (κ1) is 15.2. The number of hydrogen-bond donors (Lipinski definition) is 0. The highest BCUT2D eigenvalue weighted by atomic mass is 32.2. The minimum atomic E-state index is -0.484. The van der Waals surface area contributed by atoms with Crippen LogP contribution in [-0.4, -0.2) is 36.5 Å². The van der Waals surface area contributed by atoms with Gasteiger partial charge in [0.05, 0.1) is 0 Å². The van der Waals surface area contributed by atoms with Gasteiger partial charge in [0.2, 0.25) is 0 Å². The molecule has 1 amide bonds. The molecule has 1 aliphatic heterocycles. The number of thioether (sulfide) groups is 1. The van der Waals surface area contributed by atoms with Crippen molar-refractivity contribution in [2.75, 3.05) is 26.4 Å². The van der Waals surface area contributed by atoms with E-state index < -0.39 is 6.67 Å². The highest BCUT2D eigenvalue weighted by molar-refractivity contribution is 8.12. The van der Waals surface area contributed by atoms with Gasteiger partial charge < -0.3 is 9.64 Å². The Morgan fingerprint density at radius 2 is 1.90 bits per heavy atom. The first-order chi connectivity index (χ1) is 9.79. The molecule has 2 rings (SSSR count). The Labute approximate surface area is 123 Å². The van der Waals surface area contributed by atoms with E-state index in [4.69, 9.17) is 4.74 Å². The number of ether oxygens (including phenoxy) is 1. The maximum atomic E-state index is 12.0. The summed E-state index contributed by atoms with van der Waals surface area (Å²) in [5, 5.41) is 0.169. The summed E-state index contributed by atoms with van der Waals surface area (Å²) in [6.07, 6.45) is 3.47. The van der Waals surface area contributed by atoms with Crippen molar-refractivity contribution in [3.63, 3.8) is 0 Å². The molecule has 1 aromatic rings. The van der Waals surface area contributed by atoms with E-state index >= 15 is 0 Å². The van der Waals surface area contributed by atoms with Crippen LogP contribution in [0.2, 0.25) is 0 Å². The Morgan fingerprint density at radius 3 is 2.55 bits per heavy atom. The van der Waals surface area contributed by atoms with E-state index in [0.717, 1.165) is 31.5 Å². The second kappa shape index (κ2) is 8.15. The first-order valence-electron chi connectivity index (χ1n) is 6.99. The Bertz CT molecular complexity index is 418. The monoisotopic (exact) mass is 297 g/mol. The molecule has 3 nitrogen and oxygen atoms in total. The normalized spacial score (nSPS) is 15.2.